The third-order valence-corrected chi connectivity index (χ3v) is 3.91. The summed E-state index contributed by atoms with van der Waals surface area (Å²) >= 11 is 11.8. The largest absolute Gasteiger partial charge is 0.480 e. The highest BCUT2D eigenvalue weighted by Crippen LogP contribution is 2.22. The second-order valence-corrected chi connectivity index (χ2v) is 6.05. The van der Waals surface area contributed by atoms with Crippen LogP contribution in [0.4, 0.5) is 4.39 Å². The van der Waals surface area contributed by atoms with Crippen molar-refractivity contribution in [2.45, 2.75) is 18.9 Å². The zero-order valence-electron chi connectivity index (χ0n) is 12.4. The summed E-state index contributed by atoms with van der Waals surface area (Å²) in [5.74, 6) is -2.16. The zero-order chi connectivity index (χ0) is 17.7. The minimum Gasteiger partial charge on any atom is -0.480 e. The fourth-order valence-corrected chi connectivity index (χ4v) is 2.67. The van der Waals surface area contributed by atoms with Gasteiger partial charge in [-0.1, -0.05) is 41.4 Å². The van der Waals surface area contributed by atoms with Crippen molar-refractivity contribution in [3.63, 3.8) is 0 Å². The molecule has 0 saturated heterocycles. The molecule has 0 radical (unpaired) electrons. The van der Waals surface area contributed by atoms with E-state index in [1.807, 2.05) is 0 Å². The van der Waals surface area contributed by atoms with Gasteiger partial charge in [-0.2, -0.15) is 0 Å². The molecule has 0 aliphatic carbocycles. The molecule has 4 nitrogen and oxygen atoms in total. The summed E-state index contributed by atoms with van der Waals surface area (Å²) in [6.07, 6.45) is -0.101. The van der Waals surface area contributed by atoms with E-state index in [4.69, 9.17) is 23.2 Å². The lowest BCUT2D eigenvalue weighted by Gasteiger charge is -2.15. The van der Waals surface area contributed by atoms with Crippen molar-refractivity contribution < 1.29 is 19.1 Å². The van der Waals surface area contributed by atoms with E-state index < -0.39 is 23.7 Å². The molecule has 2 aromatic rings. The Morgan fingerprint density at radius 2 is 1.92 bits per heavy atom. The van der Waals surface area contributed by atoms with Crippen LogP contribution in [0.5, 0.6) is 0 Å². The molecule has 1 amide bonds. The van der Waals surface area contributed by atoms with E-state index in [0.717, 1.165) is 0 Å². The minimum absolute atomic E-state index is 0.0141. The Bertz CT molecular complexity index is 767. The number of carboxylic acid groups (broad SMARTS) is 1. The van der Waals surface area contributed by atoms with E-state index in [2.05, 4.69) is 5.32 Å². The molecule has 2 aromatic carbocycles. The van der Waals surface area contributed by atoms with E-state index in [-0.39, 0.29) is 12.8 Å². The summed E-state index contributed by atoms with van der Waals surface area (Å²) in [5, 5.41) is 12.5. The van der Waals surface area contributed by atoms with E-state index in [0.29, 0.717) is 21.2 Å². The molecule has 0 spiro atoms. The van der Waals surface area contributed by atoms with Crippen LogP contribution in [0.2, 0.25) is 10.0 Å². The first-order valence-corrected chi connectivity index (χ1v) is 7.81. The standard InChI is InChI=1S/C17H14Cl2FNO3/c18-12-5-4-11(14(19)9-12)8-15(17(23)24)21-16(22)7-10-2-1-3-13(20)6-10/h1-6,9,15H,7-8H2,(H,21,22)(H,23,24)/t15-/m1/s1. The van der Waals surface area contributed by atoms with E-state index in [1.54, 1.807) is 18.2 Å². The van der Waals surface area contributed by atoms with Crippen LogP contribution in [0.1, 0.15) is 11.1 Å². The topological polar surface area (TPSA) is 66.4 Å². The molecule has 2 rings (SSSR count). The van der Waals surface area contributed by atoms with Crippen LogP contribution < -0.4 is 5.32 Å². The van der Waals surface area contributed by atoms with Crippen LogP contribution in [0.25, 0.3) is 0 Å². The van der Waals surface area contributed by atoms with Crippen molar-refractivity contribution in [2.24, 2.45) is 0 Å². The van der Waals surface area contributed by atoms with Crippen LogP contribution in [0.3, 0.4) is 0 Å². The van der Waals surface area contributed by atoms with Crippen molar-refractivity contribution in [3.05, 3.63) is 69.5 Å². The summed E-state index contributed by atoms with van der Waals surface area (Å²) in [7, 11) is 0. The summed E-state index contributed by atoms with van der Waals surface area (Å²) in [6.45, 7) is 0. The predicted molar refractivity (Wildman–Crippen MR) is 89.8 cm³/mol. The maximum Gasteiger partial charge on any atom is 0.326 e. The molecule has 2 N–H and O–H groups in total. The lowest BCUT2D eigenvalue weighted by atomic mass is 10.1. The number of nitrogens with one attached hydrogen (secondary N) is 1. The Morgan fingerprint density at radius 3 is 2.54 bits per heavy atom. The second kappa shape index (κ2) is 8.13. The van der Waals surface area contributed by atoms with Crippen LogP contribution >= 0.6 is 23.2 Å². The molecule has 0 fully saturated rings. The van der Waals surface area contributed by atoms with Gasteiger partial charge in [0.25, 0.3) is 0 Å². The van der Waals surface area contributed by atoms with Crippen molar-refractivity contribution in [2.75, 3.05) is 0 Å². The molecule has 0 heterocycles. The number of carbonyl (C=O) groups excluding carboxylic acids is 1. The number of aliphatic carboxylic acids is 1. The molecule has 0 unspecified atom stereocenters. The van der Waals surface area contributed by atoms with Crippen LogP contribution in [0, 0.1) is 5.82 Å². The van der Waals surface area contributed by atoms with E-state index >= 15 is 0 Å². The highest BCUT2D eigenvalue weighted by atomic mass is 35.5. The Kier molecular flexibility index (Phi) is 6.17. The number of rotatable bonds is 6. The van der Waals surface area contributed by atoms with Crippen LogP contribution in [0.15, 0.2) is 42.5 Å². The number of carbonyl (C=O) groups is 2. The number of amides is 1. The summed E-state index contributed by atoms with van der Waals surface area (Å²) in [5.41, 5.74) is 1.01. The first kappa shape index (κ1) is 18.2. The van der Waals surface area contributed by atoms with Gasteiger partial charge in [-0.3, -0.25) is 4.79 Å². The van der Waals surface area contributed by atoms with Gasteiger partial charge in [0.05, 0.1) is 6.42 Å². The van der Waals surface area contributed by atoms with Crippen molar-refractivity contribution in [1.29, 1.82) is 0 Å². The van der Waals surface area contributed by atoms with Gasteiger partial charge in [-0.05, 0) is 35.4 Å². The lowest BCUT2D eigenvalue weighted by molar-refractivity contribution is -0.141. The molecule has 0 aromatic heterocycles. The molecular formula is C17H14Cl2FNO3. The van der Waals surface area contributed by atoms with Gasteiger partial charge in [0.2, 0.25) is 5.91 Å². The molecule has 0 saturated carbocycles. The SMILES string of the molecule is O=C(Cc1cccc(F)c1)N[C@H](Cc1ccc(Cl)cc1Cl)C(=O)O. The van der Waals surface area contributed by atoms with E-state index in [9.17, 15) is 19.1 Å². The Labute approximate surface area is 148 Å². The summed E-state index contributed by atoms with van der Waals surface area (Å²) in [4.78, 5) is 23.4. The number of hydrogen-bond acceptors (Lipinski definition) is 2. The fourth-order valence-electron chi connectivity index (χ4n) is 2.18. The molecule has 0 aliphatic heterocycles. The van der Waals surface area contributed by atoms with E-state index in [1.165, 1.54) is 24.3 Å². The van der Waals surface area contributed by atoms with Gasteiger partial charge in [0.15, 0.2) is 0 Å². The fraction of sp³-hybridized carbons (Fsp3) is 0.176. The van der Waals surface area contributed by atoms with Gasteiger partial charge >= 0.3 is 5.97 Å². The van der Waals surface area contributed by atoms with Crippen LogP contribution in [-0.4, -0.2) is 23.0 Å². The van der Waals surface area contributed by atoms with Gasteiger partial charge in [0, 0.05) is 16.5 Å². The monoisotopic (exact) mass is 369 g/mol. The normalized spacial score (nSPS) is 11.8. The molecule has 24 heavy (non-hydrogen) atoms. The van der Waals surface area contributed by atoms with Gasteiger partial charge in [-0.15, -0.1) is 0 Å². The third kappa shape index (κ3) is 5.22. The first-order valence-electron chi connectivity index (χ1n) is 7.05. The number of carboxylic acids is 1. The highest BCUT2D eigenvalue weighted by Gasteiger charge is 2.21. The molecule has 0 bridgehead atoms. The molecule has 1 atom stereocenters. The maximum atomic E-state index is 13.1. The maximum absolute atomic E-state index is 13.1. The van der Waals surface area contributed by atoms with Gasteiger partial charge in [-0.25, -0.2) is 9.18 Å². The zero-order valence-corrected chi connectivity index (χ0v) is 13.9. The number of hydrogen-bond donors (Lipinski definition) is 2. The Balaban J connectivity index is 2.05. The Morgan fingerprint density at radius 1 is 1.17 bits per heavy atom. The molecule has 126 valence electrons. The lowest BCUT2D eigenvalue weighted by Crippen LogP contribution is -2.43. The second-order valence-electron chi connectivity index (χ2n) is 5.20. The molecule has 0 aliphatic rings. The highest BCUT2D eigenvalue weighted by molar-refractivity contribution is 6.35. The summed E-state index contributed by atoms with van der Waals surface area (Å²) in [6, 6.07) is 9.13. The minimum atomic E-state index is -1.19. The smallest absolute Gasteiger partial charge is 0.326 e. The van der Waals surface area contributed by atoms with Gasteiger partial charge < -0.3 is 10.4 Å². The average Bonchev–Trinajstić information content (AvgIpc) is 2.48. The predicted octanol–water partition coefficient (Wildman–Crippen LogP) is 3.49. The quantitative estimate of drug-likeness (QED) is 0.818. The van der Waals surface area contributed by atoms with Crippen LogP contribution in [-0.2, 0) is 22.4 Å². The first-order chi connectivity index (χ1) is 11.3. The number of halogens is 3. The molecule has 7 heteroatoms. The number of benzene rings is 2. The van der Waals surface area contributed by atoms with Gasteiger partial charge in [0.1, 0.15) is 11.9 Å². The molecular weight excluding hydrogens is 356 g/mol. The van der Waals surface area contributed by atoms with Crippen molar-refractivity contribution >= 4 is 35.1 Å². The van der Waals surface area contributed by atoms with Crippen molar-refractivity contribution in [3.8, 4) is 0 Å². The summed E-state index contributed by atoms with van der Waals surface area (Å²) < 4.78 is 13.1. The average molecular weight is 370 g/mol. The Hall–Kier alpha value is -2.11. The third-order valence-electron chi connectivity index (χ3n) is 3.33. The van der Waals surface area contributed by atoms with Crippen molar-refractivity contribution in [1.82, 2.24) is 5.32 Å².